The molecule has 0 aliphatic rings. The van der Waals surface area contributed by atoms with Crippen LogP contribution in [0.25, 0.3) is 0 Å². The molecule has 17 nitrogen and oxygen atoms in total. The molecule has 576 valence electrons. The second kappa shape index (κ2) is 71.1. The number of unbranched alkanes of at least 4 members (excludes halogenated alkanes) is 50. The van der Waals surface area contributed by atoms with Gasteiger partial charge < -0.3 is 33.8 Å². The fourth-order valence-electron chi connectivity index (χ4n) is 12.1. The molecule has 0 aliphatic heterocycles. The lowest BCUT2D eigenvalue weighted by Crippen LogP contribution is -2.30. The highest BCUT2D eigenvalue weighted by Crippen LogP contribution is 2.45. The lowest BCUT2D eigenvalue weighted by Gasteiger charge is -2.21. The first-order valence-electron chi connectivity index (χ1n) is 40.6. The lowest BCUT2D eigenvalue weighted by atomic mass is 10.0. The van der Waals surface area contributed by atoms with Gasteiger partial charge in [-0.05, 0) is 31.6 Å². The van der Waals surface area contributed by atoms with Gasteiger partial charge in [-0.15, -0.1) is 0 Å². The van der Waals surface area contributed by atoms with E-state index in [2.05, 4.69) is 34.6 Å². The number of aliphatic hydroxyl groups excluding tert-OH is 1. The molecule has 0 rings (SSSR count). The maximum Gasteiger partial charge on any atom is 0.472 e. The molecular formula is C78H152O17P2. The largest absolute Gasteiger partial charge is 0.472 e. The summed E-state index contributed by atoms with van der Waals surface area (Å²) in [5.41, 5.74) is 0. The second-order valence-electron chi connectivity index (χ2n) is 28.6. The maximum atomic E-state index is 13.1. The van der Waals surface area contributed by atoms with Crippen LogP contribution in [0, 0.1) is 5.92 Å². The molecule has 0 aromatic rings. The van der Waals surface area contributed by atoms with Gasteiger partial charge in [0, 0.05) is 25.7 Å². The highest BCUT2D eigenvalue weighted by molar-refractivity contribution is 7.47. The van der Waals surface area contributed by atoms with Gasteiger partial charge in [-0.1, -0.05) is 362 Å². The van der Waals surface area contributed by atoms with E-state index in [-0.39, 0.29) is 25.7 Å². The zero-order valence-corrected chi connectivity index (χ0v) is 65.0. The Balaban J connectivity index is 5.11. The minimum absolute atomic E-state index is 0.107. The van der Waals surface area contributed by atoms with Crippen molar-refractivity contribution in [2.75, 3.05) is 39.6 Å². The van der Waals surface area contributed by atoms with Crippen molar-refractivity contribution >= 4 is 39.5 Å². The fourth-order valence-corrected chi connectivity index (χ4v) is 13.6. The van der Waals surface area contributed by atoms with Gasteiger partial charge in [0.1, 0.15) is 19.3 Å². The molecular weight excluding hydrogens is 1270 g/mol. The molecule has 0 radical (unpaired) electrons. The molecule has 0 fully saturated rings. The molecule has 0 amide bonds. The SMILES string of the molecule is CCCCCCCCCCCCCCCCCCCCCCCCC(=O)O[C@H](COC(=O)CCCCCCCCCCCCCCCC(C)C)COP(=O)(O)OC[C@@H](O)COP(=O)(O)OC[C@@H](COC(=O)CCCCCCC)OC(=O)CCCCCCCCCCCCCCCC. The smallest absolute Gasteiger partial charge is 0.462 e. The number of hydrogen-bond donors (Lipinski definition) is 3. The number of ether oxygens (including phenoxy) is 4. The van der Waals surface area contributed by atoms with E-state index in [0.29, 0.717) is 25.7 Å². The maximum absolute atomic E-state index is 13.1. The predicted octanol–water partition coefficient (Wildman–Crippen LogP) is 23.3. The van der Waals surface area contributed by atoms with Crippen molar-refractivity contribution in [2.24, 2.45) is 5.92 Å². The van der Waals surface area contributed by atoms with Gasteiger partial charge in [0.05, 0.1) is 26.4 Å². The van der Waals surface area contributed by atoms with Crippen LogP contribution < -0.4 is 0 Å². The number of rotatable bonds is 78. The molecule has 2 unspecified atom stereocenters. The van der Waals surface area contributed by atoms with E-state index in [4.69, 9.17) is 37.0 Å². The van der Waals surface area contributed by atoms with Gasteiger partial charge >= 0.3 is 39.5 Å². The minimum atomic E-state index is -4.96. The van der Waals surface area contributed by atoms with Gasteiger partial charge in [-0.25, -0.2) is 9.13 Å². The molecule has 19 heteroatoms. The number of carbonyl (C=O) groups is 4. The van der Waals surface area contributed by atoms with Gasteiger partial charge in [0.25, 0.3) is 0 Å². The number of hydrogen-bond acceptors (Lipinski definition) is 15. The Morgan fingerprint density at radius 1 is 0.278 bits per heavy atom. The van der Waals surface area contributed by atoms with E-state index in [1.165, 1.54) is 231 Å². The molecule has 5 atom stereocenters. The van der Waals surface area contributed by atoms with E-state index < -0.39 is 97.5 Å². The molecule has 97 heavy (non-hydrogen) atoms. The van der Waals surface area contributed by atoms with Crippen molar-refractivity contribution in [3.05, 3.63) is 0 Å². The van der Waals surface area contributed by atoms with Crippen LogP contribution in [0.2, 0.25) is 0 Å². The Labute approximate surface area is 594 Å². The highest BCUT2D eigenvalue weighted by Gasteiger charge is 2.30. The minimum Gasteiger partial charge on any atom is -0.462 e. The topological polar surface area (TPSA) is 237 Å². The van der Waals surface area contributed by atoms with Crippen LogP contribution in [0.3, 0.4) is 0 Å². The number of phosphoric ester groups is 2. The second-order valence-corrected chi connectivity index (χ2v) is 31.5. The summed E-state index contributed by atoms with van der Waals surface area (Å²) in [5, 5.41) is 10.6. The Morgan fingerprint density at radius 3 is 0.701 bits per heavy atom. The summed E-state index contributed by atoms with van der Waals surface area (Å²) in [6, 6.07) is 0. The van der Waals surface area contributed by atoms with Crippen molar-refractivity contribution in [3.8, 4) is 0 Å². The van der Waals surface area contributed by atoms with Crippen LogP contribution in [-0.4, -0.2) is 96.7 Å². The molecule has 0 spiro atoms. The average molecular weight is 1420 g/mol. The molecule has 0 aromatic carbocycles. The number of aliphatic hydroxyl groups is 1. The summed E-state index contributed by atoms with van der Waals surface area (Å²) in [4.78, 5) is 72.6. The number of esters is 4. The van der Waals surface area contributed by atoms with E-state index in [0.717, 1.165) is 102 Å². The van der Waals surface area contributed by atoms with E-state index >= 15 is 0 Å². The van der Waals surface area contributed by atoms with Gasteiger partial charge in [-0.3, -0.25) is 37.3 Å². The predicted molar refractivity (Wildman–Crippen MR) is 395 cm³/mol. The highest BCUT2D eigenvalue weighted by atomic mass is 31.2. The monoisotopic (exact) mass is 1420 g/mol. The normalized spacial score (nSPS) is 13.9. The molecule has 0 saturated heterocycles. The summed E-state index contributed by atoms with van der Waals surface area (Å²) >= 11 is 0. The lowest BCUT2D eigenvalue weighted by molar-refractivity contribution is -0.161. The van der Waals surface area contributed by atoms with Crippen LogP contribution in [0.4, 0.5) is 0 Å². The Kier molecular flexibility index (Phi) is 69.6. The molecule has 0 bridgehead atoms. The van der Waals surface area contributed by atoms with E-state index in [1.54, 1.807) is 0 Å². The summed E-state index contributed by atoms with van der Waals surface area (Å²) in [7, 11) is -9.90. The quantitative estimate of drug-likeness (QED) is 0.0222. The first kappa shape index (κ1) is 95.1. The van der Waals surface area contributed by atoms with E-state index in [9.17, 15) is 43.2 Å². The third-order valence-electron chi connectivity index (χ3n) is 18.3. The van der Waals surface area contributed by atoms with Crippen LogP contribution >= 0.6 is 15.6 Å². The molecule has 0 heterocycles. The number of carbonyl (C=O) groups excluding carboxylic acids is 4. The Hall–Kier alpha value is -1.94. The van der Waals surface area contributed by atoms with Crippen molar-refractivity contribution in [1.29, 1.82) is 0 Å². The fraction of sp³-hybridized carbons (Fsp3) is 0.949. The standard InChI is InChI=1S/C78H152O17P2/c1-6-9-12-15-17-19-21-23-25-26-27-28-29-30-31-32-36-41-45-49-54-59-64-78(83)95-74(68-89-76(81)62-57-52-47-43-39-37-33-34-38-42-46-51-55-60-71(4)5)70-93-97(86,87)91-66-72(79)65-90-96(84,85)92-69-73(67-88-75(80)61-56-50-14-11-8-3)94-77(82)63-58-53-48-44-40-35-24-22-20-18-16-13-10-7-2/h71-74,79H,6-70H2,1-5H3,(H,84,85)(H,86,87)/t72-,73+,74+/m0/s1. The molecule has 3 N–H and O–H groups in total. The Bertz CT molecular complexity index is 1860. The third-order valence-corrected chi connectivity index (χ3v) is 20.2. The summed E-state index contributed by atoms with van der Waals surface area (Å²) < 4.78 is 68.4. The van der Waals surface area contributed by atoms with Crippen molar-refractivity contribution < 1.29 is 80.2 Å². The van der Waals surface area contributed by atoms with Crippen molar-refractivity contribution in [1.82, 2.24) is 0 Å². The average Bonchev–Trinajstić information content (AvgIpc) is 1.24. The third kappa shape index (κ3) is 72.2. The molecule has 0 saturated carbocycles. The zero-order chi connectivity index (χ0) is 71.2. The first-order chi connectivity index (χ1) is 47.0. The Morgan fingerprint density at radius 2 is 0.474 bits per heavy atom. The summed E-state index contributed by atoms with van der Waals surface area (Å²) in [5.74, 6) is -1.33. The van der Waals surface area contributed by atoms with Crippen LogP contribution in [0.1, 0.15) is 413 Å². The molecule has 0 aliphatic carbocycles. The van der Waals surface area contributed by atoms with E-state index in [1.807, 2.05) is 0 Å². The zero-order valence-electron chi connectivity index (χ0n) is 63.2. The van der Waals surface area contributed by atoms with Crippen LogP contribution in [0.5, 0.6) is 0 Å². The van der Waals surface area contributed by atoms with Gasteiger partial charge in [0.15, 0.2) is 12.2 Å². The van der Waals surface area contributed by atoms with Gasteiger partial charge in [-0.2, -0.15) is 0 Å². The number of phosphoric acid groups is 2. The summed E-state index contributed by atoms with van der Waals surface area (Å²) in [6.07, 6.45) is 61.6. The van der Waals surface area contributed by atoms with Crippen molar-refractivity contribution in [2.45, 2.75) is 432 Å². The van der Waals surface area contributed by atoms with Crippen molar-refractivity contribution in [3.63, 3.8) is 0 Å². The first-order valence-corrected chi connectivity index (χ1v) is 43.6. The summed E-state index contributed by atoms with van der Waals surface area (Å²) in [6.45, 7) is 7.24. The molecule has 0 aromatic heterocycles. The van der Waals surface area contributed by atoms with Gasteiger partial charge in [0.2, 0.25) is 0 Å². The van der Waals surface area contributed by atoms with Crippen LogP contribution in [-0.2, 0) is 65.4 Å². The van der Waals surface area contributed by atoms with Crippen LogP contribution in [0.15, 0.2) is 0 Å².